The third-order valence-corrected chi connectivity index (χ3v) is 4.42. The van der Waals surface area contributed by atoms with Crippen molar-refractivity contribution < 1.29 is 9.53 Å². The Kier molecular flexibility index (Phi) is 5.50. The molecule has 0 saturated carbocycles. The van der Waals surface area contributed by atoms with E-state index in [1.165, 1.54) is 5.56 Å². The molecule has 22 heavy (non-hydrogen) atoms. The van der Waals surface area contributed by atoms with Crippen molar-refractivity contribution in [2.24, 2.45) is 5.92 Å². The standard InChI is InChI=1S/C17H25BrN2O2/c1-17(2,3)22-16(21)20-10-9-13(11-20)15(19-4)12-5-7-14(18)8-6-12/h5-8,13,15,19H,9-11H2,1-4H3. The van der Waals surface area contributed by atoms with Crippen LogP contribution >= 0.6 is 15.9 Å². The number of nitrogens with zero attached hydrogens (tertiary/aromatic N) is 1. The van der Waals surface area contributed by atoms with Gasteiger partial charge in [0.25, 0.3) is 0 Å². The minimum Gasteiger partial charge on any atom is -0.444 e. The van der Waals surface area contributed by atoms with E-state index >= 15 is 0 Å². The monoisotopic (exact) mass is 368 g/mol. The maximum atomic E-state index is 12.2. The summed E-state index contributed by atoms with van der Waals surface area (Å²) < 4.78 is 6.54. The first-order valence-corrected chi connectivity index (χ1v) is 8.50. The van der Waals surface area contributed by atoms with E-state index in [1.807, 2.05) is 32.7 Å². The lowest BCUT2D eigenvalue weighted by atomic mass is 9.92. The van der Waals surface area contributed by atoms with Crippen LogP contribution in [0.15, 0.2) is 28.7 Å². The van der Waals surface area contributed by atoms with Crippen LogP contribution in [0.2, 0.25) is 0 Å². The molecule has 0 bridgehead atoms. The number of benzene rings is 1. The third kappa shape index (κ3) is 4.46. The Bertz CT molecular complexity index is 510. The zero-order valence-electron chi connectivity index (χ0n) is 13.7. The molecule has 1 aliphatic heterocycles. The fraction of sp³-hybridized carbons (Fsp3) is 0.588. The lowest BCUT2D eigenvalue weighted by Crippen LogP contribution is -2.36. The van der Waals surface area contributed by atoms with Gasteiger partial charge in [-0.15, -0.1) is 0 Å². The minimum absolute atomic E-state index is 0.208. The Morgan fingerprint density at radius 3 is 2.55 bits per heavy atom. The van der Waals surface area contributed by atoms with E-state index < -0.39 is 5.60 Å². The Labute approximate surface area is 141 Å². The lowest BCUT2D eigenvalue weighted by molar-refractivity contribution is 0.0285. The normalized spacial score (nSPS) is 20.0. The van der Waals surface area contributed by atoms with Crippen LogP contribution < -0.4 is 5.32 Å². The maximum absolute atomic E-state index is 12.2. The van der Waals surface area contributed by atoms with E-state index in [-0.39, 0.29) is 12.1 Å². The summed E-state index contributed by atoms with van der Waals surface area (Å²) >= 11 is 3.47. The highest BCUT2D eigenvalue weighted by Crippen LogP contribution is 2.31. The molecule has 1 aliphatic rings. The van der Waals surface area contributed by atoms with Crippen molar-refractivity contribution in [2.75, 3.05) is 20.1 Å². The van der Waals surface area contributed by atoms with Crippen molar-refractivity contribution >= 4 is 22.0 Å². The number of rotatable bonds is 3. The smallest absolute Gasteiger partial charge is 0.410 e. The molecule has 2 rings (SSSR count). The second-order valence-corrected chi connectivity index (χ2v) is 7.71. The molecule has 0 aliphatic carbocycles. The third-order valence-electron chi connectivity index (χ3n) is 3.89. The first kappa shape index (κ1) is 17.3. The molecule has 1 aromatic carbocycles. The topological polar surface area (TPSA) is 41.6 Å². The number of carbonyl (C=O) groups is 1. The Hall–Kier alpha value is -1.07. The summed E-state index contributed by atoms with van der Waals surface area (Å²) in [5, 5.41) is 3.39. The van der Waals surface area contributed by atoms with Crippen molar-refractivity contribution in [3.8, 4) is 0 Å². The van der Waals surface area contributed by atoms with Crippen LogP contribution in [0.25, 0.3) is 0 Å². The highest BCUT2D eigenvalue weighted by molar-refractivity contribution is 9.10. The predicted molar refractivity (Wildman–Crippen MR) is 91.9 cm³/mol. The number of hydrogen-bond donors (Lipinski definition) is 1. The summed E-state index contributed by atoms with van der Waals surface area (Å²) in [6.45, 7) is 7.19. The van der Waals surface area contributed by atoms with Crippen LogP contribution in [-0.2, 0) is 4.74 Å². The quantitative estimate of drug-likeness (QED) is 0.877. The number of nitrogens with one attached hydrogen (secondary N) is 1. The number of ether oxygens (including phenoxy) is 1. The van der Waals surface area contributed by atoms with E-state index in [9.17, 15) is 4.79 Å². The van der Waals surface area contributed by atoms with Crippen molar-refractivity contribution in [2.45, 2.75) is 38.8 Å². The molecule has 1 aromatic rings. The van der Waals surface area contributed by atoms with Gasteiger partial charge in [0.1, 0.15) is 5.60 Å². The van der Waals surface area contributed by atoms with E-state index in [0.29, 0.717) is 5.92 Å². The van der Waals surface area contributed by atoms with Crippen molar-refractivity contribution in [1.29, 1.82) is 0 Å². The van der Waals surface area contributed by atoms with Gasteiger partial charge in [-0.25, -0.2) is 4.79 Å². The van der Waals surface area contributed by atoms with Crippen LogP contribution in [0.4, 0.5) is 4.79 Å². The molecule has 1 saturated heterocycles. The first-order valence-electron chi connectivity index (χ1n) is 7.71. The van der Waals surface area contributed by atoms with Gasteiger partial charge in [0, 0.05) is 23.6 Å². The SMILES string of the molecule is CNC(c1ccc(Br)cc1)C1CCN(C(=O)OC(C)(C)C)C1. The Morgan fingerprint density at radius 2 is 2.00 bits per heavy atom. The molecule has 4 nitrogen and oxygen atoms in total. The van der Waals surface area contributed by atoms with Gasteiger partial charge < -0.3 is 15.0 Å². The zero-order valence-corrected chi connectivity index (χ0v) is 15.3. The van der Waals surface area contributed by atoms with Crippen molar-refractivity contribution in [1.82, 2.24) is 10.2 Å². The maximum Gasteiger partial charge on any atom is 0.410 e. The summed E-state index contributed by atoms with van der Waals surface area (Å²) in [4.78, 5) is 14.0. The van der Waals surface area contributed by atoms with Gasteiger partial charge in [-0.05, 0) is 57.9 Å². The van der Waals surface area contributed by atoms with Crippen LogP contribution in [0, 0.1) is 5.92 Å². The van der Waals surface area contributed by atoms with Crippen LogP contribution in [0.5, 0.6) is 0 Å². The molecular formula is C17H25BrN2O2. The number of amides is 1. The fourth-order valence-corrected chi connectivity index (χ4v) is 3.16. The summed E-state index contributed by atoms with van der Waals surface area (Å²) in [5.74, 6) is 0.402. The molecule has 1 heterocycles. The fourth-order valence-electron chi connectivity index (χ4n) is 2.90. The molecule has 1 amide bonds. The molecule has 5 heteroatoms. The van der Waals surface area contributed by atoms with Crippen LogP contribution in [0.1, 0.15) is 38.8 Å². The molecule has 0 aromatic heterocycles. The van der Waals surface area contributed by atoms with E-state index in [2.05, 4.69) is 45.5 Å². The van der Waals surface area contributed by atoms with E-state index in [1.54, 1.807) is 0 Å². The first-order chi connectivity index (χ1) is 10.3. The lowest BCUT2D eigenvalue weighted by Gasteiger charge is -2.26. The second-order valence-electron chi connectivity index (χ2n) is 6.79. The minimum atomic E-state index is -0.441. The van der Waals surface area contributed by atoms with Gasteiger partial charge in [-0.2, -0.15) is 0 Å². The summed E-state index contributed by atoms with van der Waals surface area (Å²) in [5.41, 5.74) is 0.810. The molecule has 1 fully saturated rings. The predicted octanol–water partition coefficient (Wildman–Crippen LogP) is 3.97. The molecule has 2 atom stereocenters. The molecule has 1 N–H and O–H groups in total. The van der Waals surface area contributed by atoms with Gasteiger partial charge in [-0.3, -0.25) is 0 Å². The molecule has 0 radical (unpaired) electrons. The van der Waals surface area contributed by atoms with Gasteiger partial charge in [0.05, 0.1) is 0 Å². The average molecular weight is 369 g/mol. The Morgan fingerprint density at radius 1 is 1.36 bits per heavy atom. The van der Waals surface area contributed by atoms with Gasteiger partial charge in [-0.1, -0.05) is 28.1 Å². The average Bonchev–Trinajstić information content (AvgIpc) is 2.89. The largest absolute Gasteiger partial charge is 0.444 e. The van der Waals surface area contributed by atoms with Gasteiger partial charge in [0.2, 0.25) is 0 Å². The van der Waals surface area contributed by atoms with Gasteiger partial charge >= 0.3 is 6.09 Å². The zero-order chi connectivity index (χ0) is 16.3. The van der Waals surface area contributed by atoms with Crippen molar-refractivity contribution in [3.05, 3.63) is 34.3 Å². The van der Waals surface area contributed by atoms with Gasteiger partial charge in [0.15, 0.2) is 0 Å². The Balaban J connectivity index is 2.01. The van der Waals surface area contributed by atoms with Crippen LogP contribution in [-0.4, -0.2) is 36.7 Å². The number of likely N-dealkylation sites (tertiary alicyclic amines) is 1. The highest BCUT2D eigenvalue weighted by Gasteiger charge is 2.34. The van der Waals surface area contributed by atoms with Crippen LogP contribution in [0.3, 0.4) is 0 Å². The summed E-state index contributed by atoms with van der Waals surface area (Å²) in [7, 11) is 1.98. The van der Waals surface area contributed by atoms with E-state index in [0.717, 1.165) is 24.0 Å². The molecule has 0 spiro atoms. The number of halogens is 1. The molecule has 2 unspecified atom stereocenters. The summed E-state index contributed by atoms with van der Waals surface area (Å²) in [6.07, 6.45) is 0.779. The highest BCUT2D eigenvalue weighted by atomic mass is 79.9. The summed E-state index contributed by atoms with van der Waals surface area (Å²) in [6, 6.07) is 8.61. The number of carbonyl (C=O) groups excluding carboxylic acids is 1. The molecule has 122 valence electrons. The van der Waals surface area contributed by atoms with Crippen molar-refractivity contribution in [3.63, 3.8) is 0 Å². The second kappa shape index (κ2) is 7.01. The number of hydrogen-bond acceptors (Lipinski definition) is 3. The van der Waals surface area contributed by atoms with E-state index in [4.69, 9.17) is 4.74 Å². The molecular weight excluding hydrogens is 344 g/mol.